The summed E-state index contributed by atoms with van der Waals surface area (Å²) < 4.78 is 11.1. The highest BCUT2D eigenvalue weighted by molar-refractivity contribution is 5.80. The summed E-state index contributed by atoms with van der Waals surface area (Å²) >= 11 is 0. The van der Waals surface area contributed by atoms with Crippen LogP contribution < -0.4 is 14.8 Å². The van der Waals surface area contributed by atoms with E-state index in [0.717, 1.165) is 60.1 Å². The fourth-order valence-electron chi connectivity index (χ4n) is 12.1. The molecule has 4 bridgehead atoms. The van der Waals surface area contributed by atoms with E-state index in [0.29, 0.717) is 24.3 Å². The molecule has 2 heterocycles. The molecule has 7 fully saturated rings. The summed E-state index contributed by atoms with van der Waals surface area (Å²) in [5.74, 6) is 7.86. The Morgan fingerprint density at radius 2 is 1.27 bits per heavy atom. The average molecular weight is 746 g/mol. The Hall–Kier alpha value is -3.35. The Labute approximate surface area is 332 Å². The van der Waals surface area contributed by atoms with E-state index in [4.69, 9.17) is 9.47 Å². The number of ether oxygens (including phenoxy) is 2. The summed E-state index contributed by atoms with van der Waals surface area (Å²) in [6.45, 7) is 5.73. The summed E-state index contributed by atoms with van der Waals surface area (Å²) in [6, 6.07) is 25.8. The smallest absolute Gasteiger partial charge is 0.223 e. The summed E-state index contributed by atoms with van der Waals surface area (Å²) in [4.78, 5) is 17.5. The Balaban J connectivity index is 0.000000156. The van der Waals surface area contributed by atoms with Crippen LogP contribution in [0.1, 0.15) is 120 Å². The molecule has 0 aromatic heterocycles. The number of nitrogens with one attached hydrogen (secondary N) is 1. The predicted octanol–water partition coefficient (Wildman–Crippen LogP) is 10.1. The Morgan fingerprint density at radius 1 is 0.655 bits per heavy atom. The van der Waals surface area contributed by atoms with Crippen LogP contribution in [0.5, 0.6) is 11.5 Å². The van der Waals surface area contributed by atoms with Crippen molar-refractivity contribution in [1.29, 1.82) is 0 Å². The fraction of sp³-hybridized carbons (Fsp3) is 0.612. The minimum absolute atomic E-state index is 0. The molecular weight excluding hydrogens is 679 g/mol. The maximum atomic E-state index is 11.9. The van der Waals surface area contributed by atoms with Crippen molar-refractivity contribution in [1.82, 2.24) is 15.1 Å². The number of carbonyl (C=O) groups is 1. The third-order valence-electron chi connectivity index (χ3n) is 15.3. The van der Waals surface area contributed by atoms with Gasteiger partial charge >= 0.3 is 0 Å². The molecular formula is C49H67N3O3. The molecule has 0 unspecified atom stereocenters. The molecule has 7 aliphatic rings. The van der Waals surface area contributed by atoms with E-state index in [1.165, 1.54) is 131 Å². The molecule has 296 valence electrons. The lowest BCUT2D eigenvalue weighted by atomic mass is 9.85. The molecule has 1 amide bonds. The second-order valence-corrected chi connectivity index (χ2v) is 18.5. The van der Waals surface area contributed by atoms with Crippen molar-refractivity contribution in [3.63, 3.8) is 0 Å². The second kappa shape index (κ2) is 16.6. The van der Waals surface area contributed by atoms with Gasteiger partial charge in [-0.15, -0.1) is 0 Å². The maximum Gasteiger partial charge on any atom is 0.223 e. The van der Waals surface area contributed by atoms with Gasteiger partial charge in [-0.05, 0) is 191 Å². The quantitative estimate of drug-likeness (QED) is 0.224. The first-order valence-corrected chi connectivity index (χ1v) is 22.2. The summed E-state index contributed by atoms with van der Waals surface area (Å²) in [7, 11) is 3.51. The van der Waals surface area contributed by atoms with Gasteiger partial charge in [0.25, 0.3) is 0 Å². The minimum Gasteiger partial charge on any atom is -0.497 e. The van der Waals surface area contributed by atoms with E-state index in [9.17, 15) is 4.79 Å². The van der Waals surface area contributed by atoms with E-state index in [1.54, 1.807) is 14.2 Å². The third-order valence-corrected chi connectivity index (χ3v) is 15.3. The van der Waals surface area contributed by atoms with Crippen LogP contribution in [0.2, 0.25) is 0 Å². The maximum absolute atomic E-state index is 11.9. The molecule has 6 nitrogen and oxygen atoms in total. The van der Waals surface area contributed by atoms with Crippen LogP contribution in [0.4, 0.5) is 0 Å². The van der Waals surface area contributed by atoms with E-state index >= 15 is 0 Å². The SMILES string of the molecule is COc1ccc(-c2ccc(OC)c(C3CCN([C@H]4C[C@H]5CC[C@H]4C5)CC3)c2)cc1.O=C(NCc1cccc(C2CCN([C@H]3C[C@H]4CC[C@H]3C4)CC2)c1)C1CC1.[HH]. The van der Waals surface area contributed by atoms with Crippen molar-refractivity contribution < 1.29 is 15.7 Å². The van der Waals surface area contributed by atoms with Crippen molar-refractivity contribution in [3.05, 3.63) is 83.4 Å². The van der Waals surface area contributed by atoms with Crippen LogP contribution in [0, 0.1) is 29.6 Å². The highest BCUT2D eigenvalue weighted by Gasteiger charge is 2.44. The minimum atomic E-state index is 0. The molecule has 1 N–H and O–H groups in total. The van der Waals surface area contributed by atoms with E-state index in [2.05, 4.69) is 69.7 Å². The van der Waals surface area contributed by atoms with Gasteiger partial charge in [-0.1, -0.05) is 55.3 Å². The topological polar surface area (TPSA) is 54.0 Å². The van der Waals surface area contributed by atoms with Gasteiger partial charge in [0.2, 0.25) is 5.91 Å². The molecule has 5 saturated carbocycles. The van der Waals surface area contributed by atoms with Gasteiger partial charge in [0.15, 0.2) is 0 Å². The summed E-state index contributed by atoms with van der Waals surface area (Å²) in [5, 5.41) is 3.10. The van der Waals surface area contributed by atoms with Crippen molar-refractivity contribution in [2.45, 2.75) is 120 Å². The summed E-state index contributed by atoms with van der Waals surface area (Å²) in [5.41, 5.74) is 6.62. The molecule has 2 saturated heterocycles. The number of carbonyl (C=O) groups excluding carboxylic acids is 1. The fourth-order valence-corrected chi connectivity index (χ4v) is 12.1. The molecule has 3 aromatic carbocycles. The second-order valence-electron chi connectivity index (χ2n) is 18.5. The monoisotopic (exact) mass is 746 g/mol. The number of hydrogen-bond donors (Lipinski definition) is 1. The van der Waals surface area contributed by atoms with E-state index < -0.39 is 0 Å². The van der Waals surface area contributed by atoms with Gasteiger partial charge in [0.1, 0.15) is 11.5 Å². The predicted molar refractivity (Wildman–Crippen MR) is 224 cm³/mol. The average Bonchev–Trinajstić information content (AvgIpc) is 3.53. The highest BCUT2D eigenvalue weighted by Crippen LogP contribution is 2.49. The highest BCUT2D eigenvalue weighted by atomic mass is 16.5. The largest absolute Gasteiger partial charge is 0.497 e. The Morgan fingerprint density at radius 3 is 1.82 bits per heavy atom. The molecule has 3 aromatic rings. The first-order chi connectivity index (χ1) is 27.0. The normalized spacial score (nSPS) is 29.6. The number of hydrogen-bond acceptors (Lipinski definition) is 5. The Kier molecular flexibility index (Phi) is 11.3. The standard InChI is InChI=1S/C26H33NO2.C23H32N2O.H2/c1-28-23-8-5-19(6-9-23)21-7-10-26(29-2)24(17-21)20-11-13-27(14-12-20)25-16-18-3-4-22(25)15-18;26-23(19-6-7-19)24-15-17-2-1-3-20(13-17)18-8-10-25(11-9-18)22-14-16-4-5-21(22)12-16;/h5-10,17-18,20,22,25H,3-4,11-16H2,1-2H3;1-3,13,16,18-19,21-22H,4-12,14-15H2,(H,24,26);1H/t18-,22-,25-;16-,21-,22-;/m00./s1. The first kappa shape index (κ1) is 37.2. The molecule has 10 rings (SSSR count). The van der Waals surface area contributed by atoms with Crippen LogP contribution >= 0.6 is 0 Å². The number of likely N-dealkylation sites (tertiary alicyclic amines) is 2. The van der Waals surface area contributed by atoms with E-state index in [1.807, 2.05) is 12.1 Å². The van der Waals surface area contributed by atoms with Gasteiger partial charge in [-0.25, -0.2) is 0 Å². The molecule has 6 heteroatoms. The van der Waals surface area contributed by atoms with Crippen LogP contribution in [-0.4, -0.2) is 68.2 Å². The van der Waals surface area contributed by atoms with Crippen LogP contribution in [0.15, 0.2) is 66.7 Å². The Bertz CT molecular complexity index is 1760. The summed E-state index contributed by atoms with van der Waals surface area (Å²) in [6.07, 6.45) is 19.2. The number of fused-ring (bicyclic) bond motifs is 4. The first-order valence-electron chi connectivity index (χ1n) is 22.2. The van der Waals surface area contributed by atoms with E-state index in [-0.39, 0.29) is 7.33 Å². The van der Waals surface area contributed by atoms with Gasteiger partial charge in [-0.3, -0.25) is 4.79 Å². The van der Waals surface area contributed by atoms with Crippen molar-refractivity contribution in [2.75, 3.05) is 40.4 Å². The molecule has 6 atom stereocenters. The van der Waals surface area contributed by atoms with Crippen molar-refractivity contribution in [3.8, 4) is 22.6 Å². The van der Waals surface area contributed by atoms with Gasteiger partial charge in [0.05, 0.1) is 14.2 Å². The zero-order chi connectivity index (χ0) is 37.3. The van der Waals surface area contributed by atoms with Crippen molar-refractivity contribution in [2.24, 2.45) is 29.6 Å². The third kappa shape index (κ3) is 8.37. The lowest BCUT2D eigenvalue weighted by Gasteiger charge is -2.40. The van der Waals surface area contributed by atoms with Gasteiger partial charge in [0, 0.05) is 26.0 Å². The number of rotatable bonds is 10. The number of piperidine rings is 2. The molecule has 0 radical (unpaired) electrons. The number of benzene rings is 3. The van der Waals surface area contributed by atoms with Gasteiger partial charge < -0.3 is 24.6 Å². The van der Waals surface area contributed by atoms with Crippen LogP contribution in [0.25, 0.3) is 11.1 Å². The van der Waals surface area contributed by atoms with Crippen molar-refractivity contribution >= 4 is 5.91 Å². The van der Waals surface area contributed by atoms with Crippen LogP contribution in [-0.2, 0) is 11.3 Å². The lowest BCUT2D eigenvalue weighted by Crippen LogP contribution is -2.43. The molecule has 0 spiro atoms. The zero-order valence-corrected chi connectivity index (χ0v) is 33.6. The lowest BCUT2D eigenvalue weighted by molar-refractivity contribution is -0.122. The van der Waals surface area contributed by atoms with Crippen LogP contribution in [0.3, 0.4) is 0 Å². The molecule has 55 heavy (non-hydrogen) atoms. The number of nitrogens with zero attached hydrogens (tertiary/aromatic N) is 2. The molecule has 2 aliphatic heterocycles. The van der Waals surface area contributed by atoms with Gasteiger partial charge in [-0.2, -0.15) is 0 Å². The number of amides is 1. The number of methoxy groups -OCH3 is 2. The molecule has 5 aliphatic carbocycles. The zero-order valence-electron chi connectivity index (χ0n) is 33.6.